The van der Waals surface area contributed by atoms with Crippen molar-refractivity contribution in [3.05, 3.63) is 35.9 Å². The number of primary amides is 1. The Morgan fingerprint density at radius 3 is 2.87 bits per heavy atom. The Hall–Kier alpha value is -2.96. The summed E-state index contributed by atoms with van der Waals surface area (Å²) in [4.78, 5) is 22.5. The van der Waals surface area contributed by atoms with Gasteiger partial charge in [-0.15, -0.1) is 0 Å². The Labute approximate surface area is 132 Å². The molecule has 1 saturated heterocycles. The Kier molecular flexibility index (Phi) is 3.92. The number of cyclic esters (lactones) is 1. The van der Waals surface area contributed by atoms with Gasteiger partial charge in [0.25, 0.3) is 5.91 Å². The minimum atomic E-state index is -0.555. The number of methoxy groups -OCH3 is 1. The molecule has 1 heterocycles. The SMILES string of the molecule is COc1cc2c(OCC3COC(=O)N3)cccc2cc1C(N)=O. The molecule has 3 rings (SSSR count). The first-order valence-corrected chi connectivity index (χ1v) is 7.05. The molecule has 1 fully saturated rings. The standard InChI is InChI=1S/C16H16N2O5/c1-21-14-6-11-9(5-12(14)15(17)19)3-2-4-13(11)22-7-10-8-23-16(20)18-10/h2-6,10H,7-8H2,1H3,(H2,17,19)(H,18,20). The van der Waals surface area contributed by atoms with E-state index in [1.165, 1.54) is 7.11 Å². The molecule has 2 aromatic carbocycles. The first kappa shape index (κ1) is 15.0. The Bertz CT molecular complexity index is 774. The molecule has 23 heavy (non-hydrogen) atoms. The van der Waals surface area contributed by atoms with Gasteiger partial charge in [-0.3, -0.25) is 4.79 Å². The van der Waals surface area contributed by atoms with Crippen LogP contribution in [0.5, 0.6) is 11.5 Å². The summed E-state index contributed by atoms with van der Waals surface area (Å²) in [5.74, 6) is 0.456. The third-order valence-corrected chi connectivity index (χ3v) is 3.60. The lowest BCUT2D eigenvalue weighted by atomic mass is 10.0. The fraction of sp³-hybridized carbons (Fsp3) is 0.250. The van der Waals surface area contributed by atoms with Gasteiger partial charge in [0.05, 0.1) is 12.7 Å². The third kappa shape index (κ3) is 2.98. The zero-order valence-corrected chi connectivity index (χ0v) is 12.5. The fourth-order valence-corrected chi connectivity index (χ4v) is 2.47. The molecule has 7 heteroatoms. The second-order valence-corrected chi connectivity index (χ2v) is 5.14. The summed E-state index contributed by atoms with van der Waals surface area (Å²) in [5, 5.41) is 4.25. The van der Waals surface area contributed by atoms with Crippen LogP contribution in [0.2, 0.25) is 0 Å². The highest BCUT2D eigenvalue weighted by Gasteiger charge is 2.23. The second-order valence-electron chi connectivity index (χ2n) is 5.14. The first-order valence-electron chi connectivity index (χ1n) is 7.05. The van der Waals surface area contributed by atoms with Gasteiger partial charge in [-0.25, -0.2) is 4.79 Å². The van der Waals surface area contributed by atoms with Crippen molar-refractivity contribution in [2.45, 2.75) is 6.04 Å². The van der Waals surface area contributed by atoms with Gasteiger partial charge in [0, 0.05) is 5.39 Å². The Balaban J connectivity index is 1.91. The Morgan fingerprint density at radius 1 is 1.39 bits per heavy atom. The average Bonchev–Trinajstić information content (AvgIpc) is 2.96. The van der Waals surface area contributed by atoms with Crippen LogP contribution < -0.4 is 20.5 Å². The van der Waals surface area contributed by atoms with Crippen LogP contribution in [0.1, 0.15) is 10.4 Å². The van der Waals surface area contributed by atoms with Gasteiger partial charge >= 0.3 is 6.09 Å². The molecule has 2 aromatic rings. The highest BCUT2D eigenvalue weighted by molar-refractivity contribution is 6.02. The van der Waals surface area contributed by atoms with Crippen molar-refractivity contribution in [3.63, 3.8) is 0 Å². The van der Waals surface area contributed by atoms with E-state index < -0.39 is 12.0 Å². The summed E-state index contributed by atoms with van der Waals surface area (Å²) >= 11 is 0. The number of nitrogens with one attached hydrogen (secondary N) is 1. The predicted molar refractivity (Wildman–Crippen MR) is 82.8 cm³/mol. The van der Waals surface area contributed by atoms with E-state index in [1.807, 2.05) is 18.2 Å². The number of nitrogens with two attached hydrogens (primary N) is 1. The summed E-state index contributed by atoms with van der Waals surface area (Å²) < 4.78 is 15.8. The van der Waals surface area contributed by atoms with Crippen molar-refractivity contribution < 1.29 is 23.8 Å². The number of rotatable bonds is 5. The van der Waals surface area contributed by atoms with E-state index in [1.54, 1.807) is 12.1 Å². The highest BCUT2D eigenvalue weighted by atomic mass is 16.6. The van der Waals surface area contributed by atoms with E-state index >= 15 is 0 Å². The van der Waals surface area contributed by atoms with Crippen LogP contribution in [0.4, 0.5) is 4.79 Å². The molecule has 3 N–H and O–H groups in total. The maximum atomic E-state index is 11.5. The average molecular weight is 316 g/mol. The van der Waals surface area contributed by atoms with Crippen molar-refractivity contribution in [1.29, 1.82) is 0 Å². The van der Waals surface area contributed by atoms with Gasteiger partial charge in [0.15, 0.2) is 0 Å². The van der Waals surface area contributed by atoms with E-state index in [0.29, 0.717) is 17.1 Å². The summed E-state index contributed by atoms with van der Waals surface area (Å²) in [6, 6.07) is 8.68. The van der Waals surface area contributed by atoms with Crippen LogP contribution in [-0.2, 0) is 4.74 Å². The molecule has 2 amide bonds. The lowest BCUT2D eigenvalue weighted by Gasteiger charge is -2.14. The van der Waals surface area contributed by atoms with Crippen LogP contribution in [0.15, 0.2) is 30.3 Å². The van der Waals surface area contributed by atoms with E-state index in [0.717, 1.165) is 10.8 Å². The van der Waals surface area contributed by atoms with Gasteiger partial charge in [-0.05, 0) is 23.6 Å². The molecule has 1 atom stereocenters. The zero-order chi connectivity index (χ0) is 16.4. The van der Waals surface area contributed by atoms with E-state index in [-0.39, 0.29) is 19.3 Å². The molecule has 0 spiro atoms. The number of alkyl carbamates (subject to hydrolysis) is 1. The monoisotopic (exact) mass is 316 g/mol. The maximum Gasteiger partial charge on any atom is 0.407 e. The van der Waals surface area contributed by atoms with Gasteiger partial charge < -0.3 is 25.3 Å². The molecule has 1 aliphatic heterocycles. The molecule has 7 nitrogen and oxygen atoms in total. The minimum absolute atomic E-state index is 0.190. The maximum absolute atomic E-state index is 11.5. The van der Waals surface area contributed by atoms with E-state index in [2.05, 4.69) is 5.32 Å². The largest absolute Gasteiger partial charge is 0.496 e. The number of carbonyl (C=O) groups is 2. The molecule has 0 radical (unpaired) electrons. The van der Waals surface area contributed by atoms with Crippen LogP contribution in [0.25, 0.3) is 10.8 Å². The molecule has 1 aliphatic rings. The summed E-state index contributed by atoms with van der Waals surface area (Å²) in [6.07, 6.45) is -0.440. The van der Waals surface area contributed by atoms with Gasteiger partial charge in [0.2, 0.25) is 0 Å². The number of carbonyl (C=O) groups excluding carboxylic acids is 2. The molecular formula is C16H16N2O5. The molecule has 0 bridgehead atoms. The first-order chi connectivity index (χ1) is 11.1. The smallest absolute Gasteiger partial charge is 0.407 e. The quantitative estimate of drug-likeness (QED) is 0.869. The summed E-state index contributed by atoms with van der Waals surface area (Å²) in [5.41, 5.74) is 5.68. The lowest BCUT2D eigenvalue weighted by molar-refractivity contribution is 0.0997. The highest BCUT2D eigenvalue weighted by Crippen LogP contribution is 2.32. The number of fused-ring (bicyclic) bond motifs is 1. The van der Waals surface area contributed by atoms with Crippen LogP contribution >= 0.6 is 0 Å². The molecule has 0 aromatic heterocycles. The number of ether oxygens (including phenoxy) is 3. The minimum Gasteiger partial charge on any atom is -0.496 e. The fourth-order valence-electron chi connectivity index (χ4n) is 2.47. The lowest BCUT2D eigenvalue weighted by Crippen LogP contribution is -2.32. The summed E-state index contributed by atoms with van der Waals surface area (Å²) in [7, 11) is 1.47. The van der Waals surface area contributed by atoms with Gasteiger partial charge in [-0.1, -0.05) is 12.1 Å². The van der Waals surface area contributed by atoms with Crippen molar-refractivity contribution in [3.8, 4) is 11.5 Å². The molecule has 120 valence electrons. The van der Waals surface area contributed by atoms with Crippen LogP contribution in [-0.4, -0.2) is 38.4 Å². The van der Waals surface area contributed by atoms with Crippen molar-refractivity contribution in [1.82, 2.24) is 5.32 Å². The molecule has 0 saturated carbocycles. The van der Waals surface area contributed by atoms with Crippen molar-refractivity contribution in [2.24, 2.45) is 5.73 Å². The van der Waals surface area contributed by atoms with Crippen LogP contribution in [0, 0.1) is 0 Å². The number of hydrogen-bond acceptors (Lipinski definition) is 5. The number of amides is 2. The third-order valence-electron chi connectivity index (χ3n) is 3.60. The van der Waals surface area contributed by atoms with Gasteiger partial charge in [0.1, 0.15) is 30.8 Å². The van der Waals surface area contributed by atoms with E-state index in [4.69, 9.17) is 19.9 Å². The molecule has 0 aliphatic carbocycles. The number of hydrogen-bond donors (Lipinski definition) is 2. The molecule has 1 unspecified atom stereocenters. The van der Waals surface area contributed by atoms with Crippen molar-refractivity contribution >= 4 is 22.8 Å². The normalized spacial score (nSPS) is 16.7. The second kappa shape index (κ2) is 6.04. The van der Waals surface area contributed by atoms with E-state index in [9.17, 15) is 9.59 Å². The topological polar surface area (TPSA) is 99.9 Å². The van der Waals surface area contributed by atoms with Crippen LogP contribution in [0.3, 0.4) is 0 Å². The van der Waals surface area contributed by atoms with Crippen molar-refractivity contribution in [2.75, 3.05) is 20.3 Å². The zero-order valence-electron chi connectivity index (χ0n) is 12.5. The number of benzene rings is 2. The molecular weight excluding hydrogens is 300 g/mol. The summed E-state index contributed by atoms with van der Waals surface area (Å²) in [6.45, 7) is 0.559. The van der Waals surface area contributed by atoms with Gasteiger partial charge in [-0.2, -0.15) is 0 Å². The predicted octanol–water partition coefficient (Wildman–Crippen LogP) is 1.43. The Morgan fingerprint density at radius 2 is 2.22 bits per heavy atom.